The number of aromatic nitrogens is 1. The molecule has 3 aromatic rings. The predicted octanol–water partition coefficient (Wildman–Crippen LogP) is 4.51. The fourth-order valence-electron chi connectivity index (χ4n) is 3.47. The summed E-state index contributed by atoms with van der Waals surface area (Å²) in [5.74, 6) is -1.29. The number of benzene rings is 2. The molecule has 206 valence electrons. The lowest BCUT2D eigenvalue weighted by atomic mass is 10.0. The molecule has 10 nitrogen and oxygen atoms in total. The number of carbonyl (C=O) groups is 3. The van der Waals surface area contributed by atoms with E-state index < -0.39 is 42.9 Å². The minimum atomic E-state index is -1.05. The van der Waals surface area contributed by atoms with Crippen LogP contribution in [0.1, 0.15) is 42.9 Å². The van der Waals surface area contributed by atoms with E-state index in [9.17, 15) is 14.4 Å². The Balaban J connectivity index is 1.71. The zero-order valence-corrected chi connectivity index (χ0v) is 22.6. The summed E-state index contributed by atoms with van der Waals surface area (Å²) in [7, 11) is 1.38. The van der Waals surface area contributed by atoms with E-state index in [2.05, 4.69) is 10.3 Å². The number of ether oxygens (including phenoxy) is 5. The van der Waals surface area contributed by atoms with E-state index in [-0.39, 0.29) is 17.2 Å². The lowest BCUT2D eigenvalue weighted by Gasteiger charge is -2.27. The van der Waals surface area contributed by atoms with Crippen LogP contribution in [0.2, 0.25) is 5.02 Å². The van der Waals surface area contributed by atoms with Crippen LogP contribution in [0.3, 0.4) is 0 Å². The molecule has 3 atom stereocenters. The first-order chi connectivity index (χ1) is 18.7. The summed E-state index contributed by atoms with van der Waals surface area (Å²) < 4.78 is 27.2. The second-order valence-corrected chi connectivity index (χ2v) is 8.77. The lowest BCUT2D eigenvalue weighted by Crippen LogP contribution is -2.42. The summed E-state index contributed by atoms with van der Waals surface area (Å²) in [6.45, 7) is 3.94. The highest BCUT2D eigenvalue weighted by atomic mass is 35.5. The molecule has 0 saturated carbocycles. The first-order valence-corrected chi connectivity index (χ1v) is 12.3. The van der Waals surface area contributed by atoms with Crippen molar-refractivity contribution < 1.29 is 38.1 Å². The lowest BCUT2D eigenvalue weighted by molar-refractivity contribution is -0.155. The first-order valence-electron chi connectivity index (χ1n) is 12.0. The number of methoxy groups -OCH3 is 1. The van der Waals surface area contributed by atoms with E-state index in [1.54, 1.807) is 31.2 Å². The van der Waals surface area contributed by atoms with Crippen LogP contribution in [0, 0.1) is 0 Å². The Morgan fingerprint density at radius 3 is 2.33 bits per heavy atom. The molecule has 0 fully saturated rings. The predicted molar refractivity (Wildman–Crippen MR) is 142 cm³/mol. The smallest absolute Gasteiger partial charge is 0.328 e. The van der Waals surface area contributed by atoms with Crippen LogP contribution in [0.15, 0.2) is 66.9 Å². The second kappa shape index (κ2) is 14.0. The van der Waals surface area contributed by atoms with Crippen LogP contribution in [0.25, 0.3) is 0 Å². The third-order valence-electron chi connectivity index (χ3n) is 5.40. The number of rotatable bonds is 12. The molecule has 0 spiro atoms. The van der Waals surface area contributed by atoms with E-state index in [4.69, 9.17) is 35.3 Å². The van der Waals surface area contributed by atoms with Crippen LogP contribution in [-0.4, -0.2) is 48.9 Å². The van der Waals surface area contributed by atoms with Gasteiger partial charge in [0.1, 0.15) is 17.9 Å². The Labute approximate surface area is 231 Å². The minimum absolute atomic E-state index is 0.0480. The number of halogens is 1. The number of esters is 2. The average molecular weight is 557 g/mol. The van der Waals surface area contributed by atoms with Crippen molar-refractivity contribution in [3.63, 3.8) is 0 Å². The summed E-state index contributed by atoms with van der Waals surface area (Å²) in [4.78, 5) is 41.1. The number of nitrogens with one attached hydrogen (secondary N) is 1. The van der Waals surface area contributed by atoms with Crippen molar-refractivity contribution in [3.05, 3.63) is 83.1 Å². The molecular formula is C28H29ClN2O8. The molecule has 1 N–H and O–H groups in total. The number of hydrogen-bond donors (Lipinski definition) is 1. The number of amides is 1. The summed E-state index contributed by atoms with van der Waals surface area (Å²) in [5, 5.41) is 3.12. The van der Waals surface area contributed by atoms with Crippen LogP contribution in [0.4, 0.5) is 0 Å². The standard InChI is InChI=1S/C28H29ClN2O8/c1-17(31-27(33)24-26(37-16-36-19(3)32)23(35-4)14-15-30-24)28(34)38-18(2)25(20-8-6-5-7-9-20)39-22-12-10-21(29)11-13-22/h5-15,17-18,25H,16H2,1-4H3,(H,31,33)/t17-,18-,25-/m0/s1. The highest BCUT2D eigenvalue weighted by Crippen LogP contribution is 2.30. The summed E-state index contributed by atoms with van der Waals surface area (Å²) in [5.41, 5.74) is 0.627. The van der Waals surface area contributed by atoms with E-state index in [0.29, 0.717) is 10.8 Å². The number of carbonyl (C=O) groups excluding carboxylic acids is 3. The molecule has 0 aliphatic heterocycles. The zero-order chi connectivity index (χ0) is 28.4. The van der Waals surface area contributed by atoms with Gasteiger partial charge in [-0.25, -0.2) is 9.78 Å². The Morgan fingerprint density at radius 2 is 1.69 bits per heavy atom. The molecule has 0 aliphatic rings. The third-order valence-corrected chi connectivity index (χ3v) is 5.66. The van der Waals surface area contributed by atoms with Gasteiger partial charge in [0.25, 0.3) is 5.91 Å². The normalized spacial score (nSPS) is 12.8. The quantitative estimate of drug-likeness (QED) is 0.253. The zero-order valence-electron chi connectivity index (χ0n) is 21.9. The highest BCUT2D eigenvalue weighted by molar-refractivity contribution is 6.30. The molecule has 1 aromatic heterocycles. The molecule has 1 amide bonds. The molecular weight excluding hydrogens is 528 g/mol. The number of pyridine rings is 1. The van der Waals surface area contributed by atoms with Crippen molar-refractivity contribution in [1.29, 1.82) is 0 Å². The fourth-order valence-corrected chi connectivity index (χ4v) is 3.60. The maximum Gasteiger partial charge on any atom is 0.328 e. The van der Waals surface area contributed by atoms with E-state index in [1.807, 2.05) is 30.3 Å². The van der Waals surface area contributed by atoms with E-state index in [1.165, 1.54) is 33.2 Å². The molecule has 0 bridgehead atoms. The molecule has 3 rings (SSSR count). The Kier molecular flexibility index (Phi) is 10.5. The molecule has 2 aromatic carbocycles. The van der Waals surface area contributed by atoms with Crippen LogP contribution in [-0.2, 0) is 19.1 Å². The van der Waals surface area contributed by atoms with Gasteiger partial charge in [-0.15, -0.1) is 0 Å². The van der Waals surface area contributed by atoms with Crippen molar-refractivity contribution in [3.8, 4) is 17.2 Å². The van der Waals surface area contributed by atoms with Crippen LogP contribution < -0.4 is 19.5 Å². The van der Waals surface area contributed by atoms with Gasteiger partial charge in [0.05, 0.1) is 7.11 Å². The maximum absolute atomic E-state index is 13.0. The van der Waals surface area contributed by atoms with Gasteiger partial charge in [-0.1, -0.05) is 41.9 Å². The highest BCUT2D eigenvalue weighted by Gasteiger charge is 2.29. The summed E-state index contributed by atoms with van der Waals surface area (Å²) >= 11 is 5.98. The van der Waals surface area contributed by atoms with E-state index >= 15 is 0 Å². The van der Waals surface area contributed by atoms with Gasteiger partial charge in [0.2, 0.25) is 6.79 Å². The van der Waals surface area contributed by atoms with Gasteiger partial charge >= 0.3 is 11.9 Å². The van der Waals surface area contributed by atoms with Crippen molar-refractivity contribution >= 4 is 29.4 Å². The summed E-state index contributed by atoms with van der Waals surface area (Å²) in [6.07, 6.45) is -0.0242. The molecule has 0 saturated heterocycles. The van der Waals surface area contributed by atoms with Gasteiger partial charge < -0.3 is 29.0 Å². The molecule has 11 heteroatoms. The number of nitrogens with zero attached hydrogens (tertiary/aromatic N) is 1. The van der Waals surface area contributed by atoms with Crippen LogP contribution in [0.5, 0.6) is 17.2 Å². The van der Waals surface area contributed by atoms with Crippen LogP contribution >= 0.6 is 11.6 Å². The Morgan fingerprint density at radius 1 is 1.00 bits per heavy atom. The molecule has 0 aliphatic carbocycles. The average Bonchev–Trinajstić information content (AvgIpc) is 2.92. The first kappa shape index (κ1) is 29.2. The van der Waals surface area contributed by atoms with Gasteiger partial charge in [0.15, 0.2) is 23.3 Å². The van der Waals surface area contributed by atoms with Gasteiger partial charge in [-0.3, -0.25) is 9.59 Å². The number of hydrogen-bond acceptors (Lipinski definition) is 9. The molecule has 0 radical (unpaired) electrons. The Hall–Kier alpha value is -4.31. The van der Waals surface area contributed by atoms with Crippen molar-refractivity contribution in [2.45, 2.75) is 39.0 Å². The van der Waals surface area contributed by atoms with Crippen molar-refractivity contribution in [2.75, 3.05) is 13.9 Å². The second-order valence-electron chi connectivity index (χ2n) is 8.33. The largest absolute Gasteiger partial charge is 0.493 e. The SMILES string of the molecule is COc1ccnc(C(=O)N[C@@H](C)C(=O)O[C@@H](C)[C@H](Oc2ccc(Cl)cc2)c2ccccc2)c1OCOC(C)=O. The molecule has 39 heavy (non-hydrogen) atoms. The van der Waals surface area contributed by atoms with Crippen molar-refractivity contribution in [1.82, 2.24) is 10.3 Å². The minimum Gasteiger partial charge on any atom is -0.493 e. The fraction of sp³-hybridized carbons (Fsp3) is 0.286. The monoisotopic (exact) mass is 556 g/mol. The molecule has 0 unspecified atom stereocenters. The van der Waals surface area contributed by atoms with E-state index in [0.717, 1.165) is 5.56 Å². The topological polar surface area (TPSA) is 122 Å². The summed E-state index contributed by atoms with van der Waals surface area (Å²) in [6, 6.07) is 16.6. The van der Waals surface area contributed by atoms with Gasteiger partial charge in [-0.05, 0) is 43.7 Å². The molecule has 1 heterocycles. The Bertz CT molecular complexity index is 1270. The van der Waals surface area contributed by atoms with Gasteiger partial charge in [-0.2, -0.15) is 0 Å². The van der Waals surface area contributed by atoms with Crippen molar-refractivity contribution in [2.24, 2.45) is 0 Å². The third kappa shape index (κ3) is 8.34. The van der Waals surface area contributed by atoms with Gasteiger partial charge in [0, 0.05) is 24.2 Å². The maximum atomic E-state index is 13.0.